The largest absolute Gasteiger partial charge is 0.324 e. The van der Waals surface area contributed by atoms with Gasteiger partial charge in [0, 0.05) is 10.7 Å². The highest BCUT2D eigenvalue weighted by Gasteiger charge is 2.19. The van der Waals surface area contributed by atoms with Gasteiger partial charge in [-0.1, -0.05) is 31.9 Å². The molecule has 0 aliphatic heterocycles. The number of carbonyl (C=O) groups is 1. The molecule has 0 radical (unpaired) electrons. The molecule has 2 atom stereocenters. The van der Waals surface area contributed by atoms with Gasteiger partial charge in [-0.15, -0.1) is 12.4 Å². The van der Waals surface area contributed by atoms with Crippen molar-refractivity contribution in [2.45, 2.75) is 33.2 Å². The fourth-order valence-corrected chi connectivity index (χ4v) is 1.72. The number of rotatable bonds is 4. The van der Waals surface area contributed by atoms with E-state index in [1.807, 2.05) is 26.8 Å². The van der Waals surface area contributed by atoms with Gasteiger partial charge in [0.2, 0.25) is 5.91 Å². The Labute approximate surface area is 119 Å². The van der Waals surface area contributed by atoms with Crippen molar-refractivity contribution in [3.05, 3.63) is 28.8 Å². The molecular formula is C13H20Cl2N2O. The SMILES string of the molecule is CCC(C)C(N)C(=O)Nc1ccc(Cl)cc1C.Cl. The Bertz CT molecular complexity index is 410. The number of amides is 1. The van der Waals surface area contributed by atoms with Crippen molar-refractivity contribution in [2.75, 3.05) is 5.32 Å². The first kappa shape index (κ1) is 17.2. The Morgan fingerprint density at radius 2 is 2.11 bits per heavy atom. The summed E-state index contributed by atoms with van der Waals surface area (Å²) in [6.45, 7) is 5.89. The molecule has 18 heavy (non-hydrogen) atoms. The number of anilines is 1. The molecule has 0 spiro atoms. The first-order valence-electron chi connectivity index (χ1n) is 5.78. The molecule has 0 saturated heterocycles. The molecule has 0 bridgehead atoms. The molecule has 3 nitrogen and oxygen atoms in total. The summed E-state index contributed by atoms with van der Waals surface area (Å²) in [4.78, 5) is 11.9. The van der Waals surface area contributed by atoms with Gasteiger partial charge >= 0.3 is 0 Å². The number of halogens is 2. The lowest BCUT2D eigenvalue weighted by molar-refractivity contribution is -0.118. The van der Waals surface area contributed by atoms with Crippen LogP contribution in [0.2, 0.25) is 5.02 Å². The van der Waals surface area contributed by atoms with E-state index in [1.165, 1.54) is 0 Å². The Kier molecular flexibility index (Phi) is 7.29. The zero-order valence-electron chi connectivity index (χ0n) is 10.9. The molecule has 0 heterocycles. The zero-order chi connectivity index (χ0) is 13.0. The molecule has 3 N–H and O–H groups in total. The second kappa shape index (κ2) is 7.62. The number of nitrogens with one attached hydrogen (secondary N) is 1. The predicted molar refractivity (Wildman–Crippen MR) is 79.5 cm³/mol. The summed E-state index contributed by atoms with van der Waals surface area (Å²) < 4.78 is 0. The molecule has 1 aromatic carbocycles. The van der Waals surface area contributed by atoms with Crippen LogP contribution >= 0.6 is 24.0 Å². The average Bonchev–Trinajstić information content (AvgIpc) is 2.30. The number of aryl methyl sites for hydroxylation is 1. The van der Waals surface area contributed by atoms with E-state index in [2.05, 4.69) is 5.32 Å². The van der Waals surface area contributed by atoms with E-state index >= 15 is 0 Å². The smallest absolute Gasteiger partial charge is 0.241 e. The molecule has 0 aliphatic carbocycles. The highest BCUT2D eigenvalue weighted by Crippen LogP contribution is 2.20. The molecule has 1 rings (SSSR count). The predicted octanol–water partition coefficient (Wildman–Crippen LogP) is 3.38. The zero-order valence-corrected chi connectivity index (χ0v) is 12.4. The Morgan fingerprint density at radius 1 is 1.50 bits per heavy atom. The van der Waals surface area contributed by atoms with Crippen molar-refractivity contribution >= 4 is 35.6 Å². The summed E-state index contributed by atoms with van der Waals surface area (Å²) in [6, 6.07) is 4.87. The van der Waals surface area contributed by atoms with Gasteiger partial charge in [0.25, 0.3) is 0 Å². The van der Waals surface area contributed by atoms with Crippen LogP contribution in [0.3, 0.4) is 0 Å². The first-order valence-corrected chi connectivity index (χ1v) is 6.16. The number of nitrogens with two attached hydrogens (primary N) is 1. The molecular weight excluding hydrogens is 271 g/mol. The van der Waals surface area contributed by atoms with Crippen molar-refractivity contribution in [1.82, 2.24) is 0 Å². The van der Waals surface area contributed by atoms with Crippen LogP contribution < -0.4 is 11.1 Å². The topological polar surface area (TPSA) is 55.1 Å². The minimum absolute atomic E-state index is 0. The maximum atomic E-state index is 11.9. The van der Waals surface area contributed by atoms with Gasteiger partial charge in [-0.2, -0.15) is 0 Å². The van der Waals surface area contributed by atoms with Crippen LogP contribution in [0.5, 0.6) is 0 Å². The lowest BCUT2D eigenvalue weighted by Crippen LogP contribution is -2.40. The van der Waals surface area contributed by atoms with Crippen molar-refractivity contribution in [1.29, 1.82) is 0 Å². The van der Waals surface area contributed by atoms with E-state index in [0.717, 1.165) is 17.7 Å². The van der Waals surface area contributed by atoms with Crippen LogP contribution in [0.15, 0.2) is 18.2 Å². The third-order valence-corrected chi connectivity index (χ3v) is 3.24. The molecule has 1 amide bonds. The highest BCUT2D eigenvalue weighted by atomic mass is 35.5. The van der Waals surface area contributed by atoms with Crippen molar-refractivity contribution < 1.29 is 4.79 Å². The Morgan fingerprint density at radius 3 is 2.61 bits per heavy atom. The number of hydrogen-bond donors (Lipinski definition) is 2. The molecule has 102 valence electrons. The molecule has 0 fully saturated rings. The van der Waals surface area contributed by atoms with Gasteiger partial charge in [-0.05, 0) is 36.6 Å². The minimum atomic E-state index is -0.477. The molecule has 0 aromatic heterocycles. The molecule has 0 aliphatic rings. The third-order valence-electron chi connectivity index (χ3n) is 3.01. The van der Waals surface area contributed by atoms with Gasteiger partial charge in [0.05, 0.1) is 6.04 Å². The quantitative estimate of drug-likeness (QED) is 0.893. The summed E-state index contributed by atoms with van der Waals surface area (Å²) in [7, 11) is 0. The van der Waals surface area contributed by atoms with E-state index in [0.29, 0.717) is 5.02 Å². The second-order valence-corrected chi connectivity index (χ2v) is 4.80. The number of hydrogen-bond acceptors (Lipinski definition) is 2. The maximum absolute atomic E-state index is 11.9. The van der Waals surface area contributed by atoms with Crippen LogP contribution in [0.1, 0.15) is 25.8 Å². The number of carbonyl (C=O) groups excluding carboxylic acids is 1. The molecule has 1 aromatic rings. The Hall–Kier alpha value is -0.770. The van der Waals surface area contributed by atoms with Crippen LogP contribution in [0.4, 0.5) is 5.69 Å². The lowest BCUT2D eigenvalue weighted by Gasteiger charge is -2.18. The first-order chi connectivity index (χ1) is 7.95. The van der Waals surface area contributed by atoms with E-state index in [9.17, 15) is 4.79 Å². The van der Waals surface area contributed by atoms with Crippen LogP contribution in [-0.4, -0.2) is 11.9 Å². The van der Waals surface area contributed by atoms with E-state index < -0.39 is 6.04 Å². The Balaban J connectivity index is 0.00000289. The monoisotopic (exact) mass is 290 g/mol. The third kappa shape index (κ3) is 4.48. The average molecular weight is 291 g/mol. The van der Waals surface area contributed by atoms with E-state index in [4.69, 9.17) is 17.3 Å². The van der Waals surface area contributed by atoms with Crippen LogP contribution in [0.25, 0.3) is 0 Å². The van der Waals surface area contributed by atoms with Crippen LogP contribution in [-0.2, 0) is 4.79 Å². The van der Waals surface area contributed by atoms with Gasteiger partial charge in [0.1, 0.15) is 0 Å². The molecule has 2 unspecified atom stereocenters. The fourth-order valence-electron chi connectivity index (χ4n) is 1.50. The van der Waals surface area contributed by atoms with Crippen LogP contribution in [0, 0.1) is 12.8 Å². The van der Waals surface area contributed by atoms with E-state index in [-0.39, 0.29) is 24.2 Å². The second-order valence-electron chi connectivity index (χ2n) is 4.36. The lowest BCUT2D eigenvalue weighted by atomic mass is 9.99. The summed E-state index contributed by atoms with van der Waals surface area (Å²) in [6.07, 6.45) is 0.883. The molecule has 0 saturated carbocycles. The summed E-state index contributed by atoms with van der Waals surface area (Å²) >= 11 is 5.85. The standard InChI is InChI=1S/C13H19ClN2O.ClH/c1-4-8(2)12(15)13(17)16-11-6-5-10(14)7-9(11)3;/h5-8,12H,4,15H2,1-3H3,(H,16,17);1H. The summed E-state index contributed by atoms with van der Waals surface area (Å²) in [5.41, 5.74) is 7.56. The van der Waals surface area contributed by atoms with Gasteiger partial charge < -0.3 is 11.1 Å². The fraction of sp³-hybridized carbons (Fsp3) is 0.462. The number of benzene rings is 1. The van der Waals surface area contributed by atoms with E-state index in [1.54, 1.807) is 12.1 Å². The summed E-state index contributed by atoms with van der Waals surface area (Å²) in [5.74, 6) is 0.0207. The maximum Gasteiger partial charge on any atom is 0.241 e. The molecule has 5 heteroatoms. The summed E-state index contributed by atoms with van der Waals surface area (Å²) in [5, 5.41) is 3.49. The highest BCUT2D eigenvalue weighted by molar-refractivity contribution is 6.30. The minimum Gasteiger partial charge on any atom is -0.324 e. The van der Waals surface area contributed by atoms with Crippen molar-refractivity contribution in [2.24, 2.45) is 11.7 Å². The van der Waals surface area contributed by atoms with Gasteiger partial charge in [-0.25, -0.2) is 0 Å². The van der Waals surface area contributed by atoms with Crippen molar-refractivity contribution in [3.63, 3.8) is 0 Å². The van der Waals surface area contributed by atoms with Gasteiger partial charge in [-0.3, -0.25) is 4.79 Å². The van der Waals surface area contributed by atoms with Crippen molar-refractivity contribution in [3.8, 4) is 0 Å². The van der Waals surface area contributed by atoms with Gasteiger partial charge in [0.15, 0.2) is 0 Å². The normalized spacial score (nSPS) is 13.4.